The summed E-state index contributed by atoms with van der Waals surface area (Å²) in [7, 11) is 0. The van der Waals surface area contributed by atoms with Crippen LogP contribution in [0, 0.1) is 6.92 Å². The van der Waals surface area contributed by atoms with E-state index < -0.39 is 5.97 Å². The Morgan fingerprint density at radius 3 is 2.92 bits per heavy atom. The van der Waals surface area contributed by atoms with E-state index >= 15 is 0 Å². The molecule has 1 aromatic carbocycles. The van der Waals surface area contributed by atoms with Gasteiger partial charge in [-0.3, -0.25) is 9.59 Å². The predicted octanol–water partition coefficient (Wildman–Crippen LogP) is 2.57. The number of H-pyrrole nitrogens is 1. The third-order valence-corrected chi connectivity index (χ3v) is 4.34. The van der Waals surface area contributed by atoms with Crippen molar-refractivity contribution in [3.8, 4) is 0 Å². The van der Waals surface area contributed by atoms with Crippen LogP contribution in [-0.4, -0.2) is 52.7 Å². The molecule has 1 atom stereocenters. The summed E-state index contributed by atoms with van der Waals surface area (Å²) in [6.07, 6.45) is 1.81. The van der Waals surface area contributed by atoms with E-state index in [2.05, 4.69) is 4.98 Å². The van der Waals surface area contributed by atoms with Crippen LogP contribution in [0.2, 0.25) is 0 Å². The zero-order valence-electron chi connectivity index (χ0n) is 13.7. The van der Waals surface area contributed by atoms with Gasteiger partial charge in [-0.1, -0.05) is 12.1 Å². The molecule has 24 heavy (non-hydrogen) atoms. The molecule has 0 bridgehead atoms. The van der Waals surface area contributed by atoms with Gasteiger partial charge in [0.05, 0.1) is 12.5 Å². The topological polar surface area (TPSA) is 82.6 Å². The molecule has 0 saturated carbocycles. The van der Waals surface area contributed by atoms with Gasteiger partial charge in [0.1, 0.15) is 5.69 Å². The maximum Gasteiger partial charge on any atom is 0.305 e. The number of carbonyl (C=O) groups excluding carboxylic acids is 1. The number of aryl methyl sites for hydroxylation is 1. The van der Waals surface area contributed by atoms with Crippen molar-refractivity contribution in [1.82, 2.24) is 9.88 Å². The monoisotopic (exact) mass is 330 g/mol. The third kappa shape index (κ3) is 3.76. The van der Waals surface area contributed by atoms with E-state index in [0.717, 1.165) is 29.3 Å². The molecule has 1 saturated heterocycles. The third-order valence-electron chi connectivity index (χ3n) is 4.34. The van der Waals surface area contributed by atoms with Gasteiger partial charge in [0.25, 0.3) is 5.91 Å². The first-order valence-corrected chi connectivity index (χ1v) is 8.25. The van der Waals surface area contributed by atoms with Crippen LogP contribution in [0.1, 0.15) is 35.3 Å². The number of nitrogens with one attached hydrogen (secondary N) is 1. The van der Waals surface area contributed by atoms with Crippen LogP contribution in [0.3, 0.4) is 0 Å². The number of nitrogens with zero attached hydrogens (tertiary/aromatic N) is 1. The number of amides is 1. The van der Waals surface area contributed by atoms with Gasteiger partial charge < -0.3 is 19.7 Å². The minimum Gasteiger partial charge on any atom is -0.481 e. The number of carboxylic acids is 1. The molecule has 1 amide bonds. The number of carboxylic acid groups (broad SMARTS) is 1. The average Bonchev–Trinajstić information content (AvgIpc) is 3.19. The zero-order chi connectivity index (χ0) is 17.1. The van der Waals surface area contributed by atoms with E-state index in [9.17, 15) is 9.59 Å². The molecule has 0 spiro atoms. The van der Waals surface area contributed by atoms with E-state index in [4.69, 9.17) is 9.84 Å². The Labute approximate surface area is 140 Å². The van der Waals surface area contributed by atoms with Crippen molar-refractivity contribution >= 4 is 22.8 Å². The van der Waals surface area contributed by atoms with Crippen molar-refractivity contribution in [2.45, 2.75) is 32.3 Å². The zero-order valence-corrected chi connectivity index (χ0v) is 13.7. The van der Waals surface area contributed by atoms with Gasteiger partial charge in [-0.15, -0.1) is 0 Å². The SMILES string of the molecule is Cc1ccc2cc(C(=O)N(CCC(=O)O)CC3CCCO3)[nH]c2c1. The lowest BCUT2D eigenvalue weighted by Crippen LogP contribution is -2.39. The van der Waals surface area contributed by atoms with Gasteiger partial charge in [0.2, 0.25) is 0 Å². The molecule has 3 rings (SSSR count). The summed E-state index contributed by atoms with van der Waals surface area (Å²) < 4.78 is 5.60. The molecular weight excluding hydrogens is 308 g/mol. The Balaban J connectivity index is 1.80. The van der Waals surface area contributed by atoms with Gasteiger partial charge in [0, 0.05) is 30.6 Å². The summed E-state index contributed by atoms with van der Waals surface area (Å²) >= 11 is 0. The molecule has 1 aliphatic rings. The number of rotatable bonds is 6. The van der Waals surface area contributed by atoms with Crippen molar-refractivity contribution < 1.29 is 19.4 Å². The van der Waals surface area contributed by atoms with Gasteiger partial charge in [-0.25, -0.2) is 0 Å². The van der Waals surface area contributed by atoms with E-state index in [1.807, 2.05) is 31.2 Å². The highest BCUT2D eigenvalue weighted by molar-refractivity contribution is 5.98. The van der Waals surface area contributed by atoms with Crippen molar-refractivity contribution in [2.75, 3.05) is 19.7 Å². The fraction of sp³-hybridized carbons (Fsp3) is 0.444. The summed E-state index contributed by atoms with van der Waals surface area (Å²) in [6.45, 7) is 3.32. The molecule has 1 fully saturated rings. The summed E-state index contributed by atoms with van der Waals surface area (Å²) in [5, 5.41) is 9.91. The molecule has 128 valence electrons. The Hall–Kier alpha value is -2.34. The van der Waals surface area contributed by atoms with Gasteiger partial charge in [-0.2, -0.15) is 0 Å². The normalized spacial score (nSPS) is 17.3. The standard InChI is InChI=1S/C18H22N2O4/c1-12-4-5-13-10-16(19-15(13)9-12)18(23)20(7-6-17(21)22)11-14-3-2-8-24-14/h4-5,9-10,14,19H,2-3,6-8,11H2,1H3,(H,21,22). The first-order valence-electron chi connectivity index (χ1n) is 8.25. The average molecular weight is 330 g/mol. The molecule has 0 aliphatic carbocycles. The minimum atomic E-state index is -0.910. The molecule has 1 aromatic heterocycles. The lowest BCUT2D eigenvalue weighted by molar-refractivity contribution is -0.137. The van der Waals surface area contributed by atoms with E-state index in [-0.39, 0.29) is 25.0 Å². The van der Waals surface area contributed by atoms with Gasteiger partial charge in [0.15, 0.2) is 0 Å². The largest absolute Gasteiger partial charge is 0.481 e. The van der Waals surface area contributed by atoms with Crippen LogP contribution >= 0.6 is 0 Å². The quantitative estimate of drug-likeness (QED) is 0.853. The Morgan fingerprint density at radius 2 is 2.21 bits per heavy atom. The first-order chi connectivity index (χ1) is 11.5. The van der Waals surface area contributed by atoms with E-state index in [1.165, 1.54) is 0 Å². The smallest absolute Gasteiger partial charge is 0.305 e. The number of hydrogen-bond acceptors (Lipinski definition) is 3. The number of fused-ring (bicyclic) bond motifs is 1. The van der Waals surface area contributed by atoms with E-state index in [0.29, 0.717) is 18.8 Å². The van der Waals surface area contributed by atoms with Crippen molar-refractivity contribution in [1.29, 1.82) is 0 Å². The highest BCUT2D eigenvalue weighted by atomic mass is 16.5. The maximum atomic E-state index is 12.8. The molecular formula is C18H22N2O4. The highest BCUT2D eigenvalue weighted by Gasteiger charge is 2.24. The van der Waals surface area contributed by atoms with Crippen LogP contribution in [0.4, 0.5) is 0 Å². The highest BCUT2D eigenvalue weighted by Crippen LogP contribution is 2.20. The number of hydrogen-bond donors (Lipinski definition) is 2. The fourth-order valence-electron chi connectivity index (χ4n) is 3.07. The Kier molecular flexibility index (Phi) is 4.85. The molecule has 6 heteroatoms. The number of carbonyl (C=O) groups is 2. The number of ether oxygens (including phenoxy) is 1. The van der Waals surface area contributed by atoms with Crippen molar-refractivity contribution in [3.63, 3.8) is 0 Å². The predicted molar refractivity (Wildman–Crippen MR) is 90.2 cm³/mol. The molecule has 6 nitrogen and oxygen atoms in total. The van der Waals surface area contributed by atoms with Crippen LogP contribution in [0.25, 0.3) is 10.9 Å². The van der Waals surface area contributed by atoms with Crippen LogP contribution in [0.5, 0.6) is 0 Å². The number of aromatic nitrogens is 1. The molecule has 2 heterocycles. The second-order valence-electron chi connectivity index (χ2n) is 6.30. The summed E-state index contributed by atoms with van der Waals surface area (Å²) in [6, 6.07) is 7.78. The van der Waals surface area contributed by atoms with Gasteiger partial charge >= 0.3 is 5.97 Å². The minimum absolute atomic E-state index is 0.00522. The fourth-order valence-corrected chi connectivity index (χ4v) is 3.07. The van der Waals surface area contributed by atoms with Crippen LogP contribution in [0.15, 0.2) is 24.3 Å². The second-order valence-corrected chi connectivity index (χ2v) is 6.30. The number of benzene rings is 1. The second kappa shape index (κ2) is 7.05. The summed E-state index contributed by atoms with van der Waals surface area (Å²) in [5.74, 6) is -1.09. The number of aliphatic carboxylic acids is 1. The molecule has 0 radical (unpaired) electrons. The maximum absolute atomic E-state index is 12.8. The lowest BCUT2D eigenvalue weighted by Gasteiger charge is -2.24. The molecule has 1 aliphatic heterocycles. The molecule has 2 aromatic rings. The molecule has 2 N–H and O–H groups in total. The van der Waals surface area contributed by atoms with E-state index in [1.54, 1.807) is 4.90 Å². The Morgan fingerprint density at radius 1 is 1.38 bits per heavy atom. The van der Waals surface area contributed by atoms with Crippen LogP contribution < -0.4 is 0 Å². The summed E-state index contributed by atoms with van der Waals surface area (Å²) in [4.78, 5) is 28.5. The number of aromatic amines is 1. The van der Waals surface area contributed by atoms with Crippen LogP contribution in [-0.2, 0) is 9.53 Å². The van der Waals surface area contributed by atoms with Gasteiger partial charge in [-0.05, 0) is 37.5 Å². The lowest BCUT2D eigenvalue weighted by atomic mass is 10.2. The first kappa shape index (κ1) is 16.5. The Bertz CT molecular complexity index is 747. The summed E-state index contributed by atoms with van der Waals surface area (Å²) in [5.41, 5.74) is 2.51. The van der Waals surface area contributed by atoms with Crippen molar-refractivity contribution in [3.05, 3.63) is 35.5 Å². The van der Waals surface area contributed by atoms with Crippen molar-refractivity contribution in [2.24, 2.45) is 0 Å². The molecule has 1 unspecified atom stereocenters.